The number of anilines is 1. The van der Waals surface area contributed by atoms with Gasteiger partial charge in [-0.1, -0.05) is 30.1 Å². The highest BCUT2D eigenvalue weighted by atomic mass is 35.5. The number of nitrogens with one attached hydrogen (secondary N) is 1. The van der Waals surface area contributed by atoms with E-state index in [2.05, 4.69) is 12.2 Å². The predicted octanol–water partition coefficient (Wildman–Crippen LogP) is 3.15. The third-order valence-corrected chi connectivity index (χ3v) is 3.21. The average Bonchev–Trinajstić information content (AvgIpc) is 2.20. The van der Waals surface area contributed by atoms with E-state index >= 15 is 0 Å². The van der Waals surface area contributed by atoms with Gasteiger partial charge < -0.3 is 15.2 Å². The molecule has 5 heteroatoms. The van der Waals surface area contributed by atoms with Gasteiger partial charge in [0, 0.05) is 17.6 Å². The number of halogens is 2. The van der Waals surface area contributed by atoms with E-state index in [9.17, 15) is 5.11 Å². The van der Waals surface area contributed by atoms with Gasteiger partial charge in [-0.15, -0.1) is 0 Å². The SMILES string of the molecule is CC1(CNc2cc(Cl)c(O)c(Cl)c2)COC1. The molecule has 1 aliphatic rings. The monoisotopic (exact) mass is 261 g/mol. The van der Waals surface area contributed by atoms with Crippen LogP contribution in [0.4, 0.5) is 5.69 Å². The lowest BCUT2D eigenvalue weighted by Crippen LogP contribution is -2.45. The van der Waals surface area contributed by atoms with Crippen LogP contribution in [0, 0.1) is 5.41 Å². The van der Waals surface area contributed by atoms with E-state index in [1.165, 1.54) is 0 Å². The summed E-state index contributed by atoms with van der Waals surface area (Å²) in [7, 11) is 0. The average molecular weight is 262 g/mol. The standard InChI is InChI=1S/C11H13Cl2NO2/c1-11(5-16-6-11)4-14-7-2-8(12)10(15)9(13)3-7/h2-3,14-15H,4-6H2,1H3. The number of phenolic OH excluding ortho intramolecular Hbond substituents is 1. The molecule has 88 valence electrons. The summed E-state index contributed by atoms with van der Waals surface area (Å²) in [6, 6.07) is 3.32. The van der Waals surface area contributed by atoms with Crippen molar-refractivity contribution in [3.63, 3.8) is 0 Å². The molecule has 0 amide bonds. The number of hydrogen-bond acceptors (Lipinski definition) is 3. The minimum absolute atomic E-state index is 0.0768. The zero-order valence-electron chi connectivity index (χ0n) is 8.89. The van der Waals surface area contributed by atoms with Crippen molar-refractivity contribution >= 4 is 28.9 Å². The maximum absolute atomic E-state index is 9.40. The van der Waals surface area contributed by atoms with Gasteiger partial charge in [-0.3, -0.25) is 0 Å². The molecule has 0 spiro atoms. The van der Waals surface area contributed by atoms with E-state index in [-0.39, 0.29) is 21.2 Å². The molecule has 2 rings (SSSR count). The van der Waals surface area contributed by atoms with Gasteiger partial charge in [0.15, 0.2) is 5.75 Å². The highest BCUT2D eigenvalue weighted by Crippen LogP contribution is 2.35. The molecule has 0 aliphatic carbocycles. The first-order valence-corrected chi connectivity index (χ1v) is 5.75. The number of rotatable bonds is 3. The fraction of sp³-hybridized carbons (Fsp3) is 0.455. The smallest absolute Gasteiger partial charge is 0.152 e. The van der Waals surface area contributed by atoms with Crippen LogP contribution in [0.5, 0.6) is 5.75 Å². The van der Waals surface area contributed by atoms with Crippen LogP contribution < -0.4 is 5.32 Å². The second-order valence-corrected chi connectivity index (χ2v) is 5.26. The van der Waals surface area contributed by atoms with E-state index < -0.39 is 0 Å². The van der Waals surface area contributed by atoms with Gasteiger partial charge in [0.1, 0.15) is 0 Å². The Labute approximate surface area is 104 Å². The number of hydrogen-bond donors (Lipinski definition) is 2. The number of phenols is 1. The summed E-state index contributed by atoms with van der Waals surface area (Å²) in [5.74, 6) is -0.0768. The van der Waals surface area contributed by atoms with Crippen LogP contribution in [-0.4, -0.2) is 24.9 Å². The fourth-order valence-electron chi connectivity index (χ4n) is 1.54. The molecule has 1 aromatic rings. The second kappa shape index (κ2) is 4.32. The summed E-state index contributed by atoms with van der Waals surface area (Å²) in [4.78, 5) is 0. The summed E-state index contributed by atoms with van der Waals surface area (Å²) in [5.41, 5.74) is 0.984. The number of benzene rings is 1. The van der Waals surface area contributed by atoms with E-state index in [0.29, 0.717) is 0 Å². The molecular formula is C11H13Cl2NO2. The van der Waals surface area contributed by atoms with Crippen LogP contribution in [0.15, 0.2) is 12.1 Å². The van der Waals surface area contributed by atoms with Crippen molar-refractivity contribution in [3.8, 4) is 5.75 Å². The number of aromatic hydroxyl groups is 1. The molecule has 1 aromatic carbocycles. The van der Waals surface area contributed by atoms with Crippen molar-refractivity contribution in [1.82, 2.24) is 0 Å². The lowest BCUT2D eigenvalue weighted by molar-refractivity contribution is -0.0924. The Bertz CT molecular complexity index is 382. The highest BCUT2D eigenvalue weighted by Gasteiger charge is 2.32. The van der Waals surface area contributed by atoms with E-state index in [4.69, 9.17) is 27.9 Å². The quantitative estimate of drug-likeness (QED) is 0.822. The summed E-state index contributed by atoms with van der Waals surface area (Å²) < 4.78 is 5.16. The van der Waals surface area contributed by atoms with Crippen LogP contribution in [0.25, 0.3) is 0 Å². The Balaban J connectivity index is 2.04. The van der Waals surface area contributed by atoms with Gasteiger partial charge >= 0.3 is 0 Å². The molecule has 2 N–H and O–H groups in total. The Morgan fingerprint density at radius 3 is 2.38 bits per heavy atom. The van der Waals surface area contributed by atoms with Crippen LogP contribution in [0.1, 0.15) is 6.92 Å². The maximum Gasteiger partial charge on any atom is 0.152 e. The van der Waals surface area contributed by atoms with E-state index in [1.54, 1.807) is 12.1 Å². The van der Waals surface area contributed by atoms with E-state index in [0.717, 1.165) is 25.4 Å². The zero-order chi connectivity index (χ0) is 11.8. The van der Waals surface area contributed by atoms with Crippen LogP contribution >= 0.6 is 23.2 Å². The molecule has 16 heavy (non-hydrogen) atoms. The van der Waals surface area contributed by atoms with Crippen molar-refractivity contribution in [2.45, 2.75) is 6.92 Å². The molecule has 0 aromatic heterocycles. The lowest BCUT2D eigenvalue weighted by Gasteiger charge is -2.38. The van der Waals surface area contributed by atoms with Crippen molar-refractivity contribution in [1.29, 1.82) is 0 Å². The summed E-state index contributed by atoms with van der Waals surface area (Å²) >= 11 is 11.6. The molecule has 1 heterocycles. The maximum atomic E-state index is 9.40. The van der Waals surface area contributed by atoms with Gasteiger partial charge in [-0.05, 0) is 12.1 Å². The van der Waals surface area contributed by atoms with Crippen molar-refractivity contribution in [2.75, 3.05) is 25.1 Å². The molecule has 0 saturated carbocycles. The zero-order valence-corrected chi connectivity index (χ0v) is 10.4. The summed E-state index contributed by atoms with van der Waals surface area (Å²) in [6.07, 6.45) is 0. The first-order chi connectivity index (χ1) is 7.50. The van der Waals surface area contributed by atoms with Crippen molar-refractivity contribution in [2.24, 2.45) is 5.41 Å². The van der Waals surface area contributed by atoms with Gasteiger partial charge in [-0.2, -0.15) is 0 Å². The molecule has 3 nitrogen and oxygen atoms in total. The molecule has 0 radical (unpaired) electrons. The Hall–Kier alpha value is -0.640. The molecule has 1 saturated heterocycles. The normalized spacial score (nSPS) is 17.9. The Kier molecular flexibility index (Phi) is 3.19. The molecular weight excluding hydrogens is 249 g/mol. The minimum Gasteiger partial charge on any atom is -0.505 e. The molecule has 1 fully saturated rings. The fourth-order valence-corrected chi connectivity index (χ4v) is 2.02. The first kappa shape index (κ1) is 11.8. The van der Waals surface area contributed by atoms with Gasteiger partial charge in [0.25, 0.3) is 0 Å². The topological polar surface area (TPSA) is 41.5 Å². The van der Waals surface area contributed by atoms with E-state index in [1.807, 2.05) is 0 Å². The van der Waals surface area contributed by atoms with Gasteiger partial charge in [-0.25, -0.2) is 0 Å². The Morgan fingerprint density at radius 1 is 1.38 bits per heavy atom. The molecule has 0 unspecified atom stereocenters. The summed E-state index contributed by atoms with van der Waals surface area (Å²) in [6.45, 7) is 4.47. The summed E-state index contributed by atoms with van der Waals surface area (Å²) in [5, 5.41) is 13.1. The second-order valence-electron chi connectivity index (χ2n) is 4.45. The largest absolute Gasteiger partial charge is 0.505 e. The van der Waals surface area contributed by atoms with Crippen molar-refractivity contribution in [3.05, 3.63) is 22.2 Å². The first-order valence-electron chi connectivity index (χ1n) is 5.00. The number of ether oxygens (including phenoxy) is 1. The third-order valence-electron chi connectivity index (χ3n) is 2.64. The molecule has 0 atom stereocenters. The molecule has 1 aliphatic heterocycles. The van der Waals surface area contributed by atoms with Crippen LogP contribution in [-0.2, 0) is 4.74 Å². The third kappa shape index (κ3) is 2.37. The Morgan fingerprint density at radius 2 is 1.94 bits per heavy atom. The van der Waals surface area contributed by atoms with Crippen molar-refractivity contribution < 1.29 is 9.84 Å². The van der Waals surface area contributed by atoms with Gasteiger partial charge in [0.05, 0.1) is 23.3 Å². The van der Waals surface area contributed by atoms with Crippen LogP contribution in [0.2, 0.25) is 10.0 Å². The highest BCUT2D eigenvalue weighted by molar-refractivity contribution is 6.37. The predicted molar refractivity (Wildman–Crippen MR) is 65.5 cm³/mol. The van der Waals surface area contributed by atoms with Crippen LogP contribution in [0.3, 0.4) is 0 Å². The van der Waals surface area contributed by atoms with Gasteiger partial charge in [0.2, 0.25) is 0 Å². The minimum atomic E-state index is -0.0768. The lowest BCUT2D eigenvalue weighted by atomic mass is 9.89. The molecule has 0 bridgehead atoms.